The molecule has 0 bridgehead atoms. The standard InChI is InChI=1S/C17H13ClN8O/c1-25-17(21-15(23-25)13-4-2-3-5-14(13)18)22-16(27)11-8-12(10-19-9-11)26-7-6-20-24-26/h2-10H,1H3,(H,21,22,23,27). The van der Waals surface area contributed by atoms with Crippen LogP contribution < -0.4 is 5.32 Å². The van der Waals surface area contributed by atoms with Crippen LogP contribution >= 0.6 is 11.6 Å². The molecule has 0 aliphatic heterocycles. The zero-order valence-corrected chi connectivity index (χ0v) is 14.9. The average molecular weight is 381 g/mol. The van der Waals surface area contributed by atoms with Gasteiger partial charge in [0.2, 0.25) is 5.95 Å². The third-order valence-electron chi connectivity index (χ3n) is 3.78. The highest BCUT2D eigenvalue weighted by Gasteiger charge is 2.15. The van der Waals surface area contributed by atoms with Gasteiger partial charge in [-0.05, 0) is 18.2 Å². The van der Waals surface area contributed by atoms with E-state index in [9.17, 15) is 4.79 Å². The molecule has 1 N–H and O–H groups in total. The van der Waals surface area contributed by atoms with Crippen molar-refractivity contribution >= 4 is 23.5 Å². The van der Waals surface area contributed by atoms with Gasteiger partial charge in [0.05, 0.1) is 34.9 Å². The summed E-state index contributed by atoms with van der Waals surface area (Å²) < 4.78 is 2.99. The maximum Gasteiger partial charge on any atom is 0.259 e. The van der Waals surface area contributed by atoms with Crippen molar-refractivity contribution in [2.24, 2.45) is 7.05 Å². The number of rotatable bonds is 4. The van der Waals surface area contributed by atoms with Gasteiger partial charge < -0.3 is 0 Å². The SMILES string of the molecule is Cn1nc(-c2ccccc2Cl)nc1NC(=O)c1cncc(-n2ccnn2)c1. The van der Waals surface area contributed by atoms with Crippen molar-refractivity contribution in [3.05, 3.63) is 65.7 Å². The molecule has 134 valence electrons. The second kappa shape index (κ2) is 6.96. The lowest BCUT2D eigenvalue weighted by molar-refractivity contribution is 0.102. The molecule has 4 aromatic rings. The molecule has 3 aromatic heterocycles. The number of aromatic nitrogens is 7. The van der Waals surface area contributed by atoms with Crippen molar-refractivity contribution < 1.29 is 4.79 Å². The molecule has 0 aliphatic rings. The Bertz CT molecular complexity index is 1110. The monoisotopic (exact) mass is 380 g/mol. The van der Waals surface area contributed by atoms with E-state index in [-0.39, 0.29) is 5.91 Å². The number of benzene rings is 1. The van der Waals surface area contributed by atoms with Crippen LogP contribution in [0.1, 0.15) is 10.4 Å². The molecule has 0 unspecified atom stereocenters. The van der Waals surface area contributed by atoms with E-state index >= 15 is 0 Å². The molecule has 0 spiro atoms. The Morgan fingerprint density at radius 3 is 2.85 bits per heavy atom. The van der Waals surface area contributed by atoms with Gasteiger partial charge >= 0.3 is 0 Å². The predicted octanol–water partition coefficient (Wildman–Crippen LogP) is 2.36. The van der Waals surface area contributed by atoms with Crippen LogP contribution in [0.15, 0.2) is 55.1 Å². The maximum absolute atomic E-state index is 12.6. The van der Waals surface area contributed by atoms with Crippen LogP contribution in [0.4, 0.5) is 5.95 Å². The maximum atomic E-state index is 12.6. The van der Waals surface area contributed by atoms with Crippen molar-refractivity contribution in [2.75, 3.05) is 5.32 Å². The minimum Gasteiger partial charge on any atom is -0.291 e. The predicted molar refractivity (Wildman–Crippen MR) is 98.6 cm³/mol. The lowest BCUT2D eigenvalue weighted by Gasteiger charge is -2.05. The molecule has 0 fully saturated rings. The van der Waals surface area contributed by atoms with E-state index in [0.717, 1.165) is 0 Å². The first-order valence-corrected chi connectivity index (χ1v) is 8.28. The normalized spacial score (nSPS) is 10.7. The van der Waals surface area contributed by atoms with Gasteiger partial charge in [0, 0.05) is 18.8 Å². The Hall–Kier alpha value is -3.59. The van der Waals surface area contributed by atoms with Crippen LogP contribution in [0.5, 0.6) is 0 Å². The third-order valence-corrected chi connectivity index (χ3v) is 4.11. The Morgan fingerprint density at radius 1 is 1.22 bits per heavy atom. The van der Waals surface area contributed by atoms with Crippen LogP contribution in [0.3, 0.4) is 0 Å². The Balaban J connectivity index is 1.59. The zero-order valence-electron chi connectivity index (χ0n) is 14.1. The summed E-state index contributed by atoms with van der Waals surface area (Å²) in [6.45, 7) is 0. The summed E-state index contributed by atoms with van der Waals surface area (Å²) in [5.41, 5.74) is 1.66. The van der Waals surface area contributed by atoms with Crippen LogP contribution in [0.2, 0.25) is 5.02 Å². The van der Waals surface area contributed by atoms with Gasteiger partial charge in [-0.15, -0.1) is 10.2 Å². The minimum absolute atomic E-state index is 0.293. The average Bonchev–Trinajstić information content (AvgIpc) is 3.33. The fourth-order valence-corrected chi connectivity index (χ4v) is 2.67. The van der Waals surface area contributed by atoms with Crippen LogP contribution in [-0.4, -0.2) is 40.6 Å². The fourth-order valence-electron chi connectivity index (χ4n) is 2.45. The molecule has 0 radical (unpaired) electrons. The summed E-state index contributed by atoms with van der Waals surface area (Å²) in [5.74, 6) is 0.347. The van der Waals surface area contributed by atoms with E-state index in [0.29, 0.717) is 33.6 Å². The van der Waals surface area contributed by atoms with E-state index in [1.165, 1.54) is 15.6 Å². The minimum atomic E-state index is -0.370. The quantitative estimate of drug-likeness (QED) is 0.583. The molecule has 4 rings (SSSR count). The first-order chi connectivity index (χ1) is 13.1. The number of nitrogens with one attached hydrogen (secondary N) is 1. The summed E-state index contributed by atoms with van der Waals surface area (Å²) in [5, 5.41) is 15.2. The molecule has 1 aromatic carbocycles. The van der Waals surface area contributed by atoms with Gasteiger partial charge in [0.15, 0.2) is 5.82 Å². The number of nitrogens with zero attached hydrogens (tertiary/aromatic N) is 7. The summed E-state index contributed by atoms with van der Waals surface area (Å²) in [4.78, 5) is 21.0. The zero-order chi connectivity index (χ0) is 18.8. The molecule has 0 saturated carbocycles. The molecule has 0 atom stereocenters. The number of hydrogen-bond acceptors (Lipinski definition) is 6. The van der Waals surface area contributed by atoms with E-state index in [2.05, 4.69) is 30.7 Å². The fraction of sp³-hybridized carbons (Fsp3) is 0.0588. The number of hydrogen-bond donors (Lipinski definition) is 1. The molecule has 0 saturated heterocycles. The molecule has 0 aliphatic carbocycles. The lowest BCUT2D eigenvalue weighted by atomic mass is 10.2. The molecule has 1 amide bonds. The van der Waals surface area contributed by atoms with Crippen molar-refractivity contribution in [1.82, 2.24) is 34.7 Å². The van der Waals surface area contributed by atoms with Crippen LogP contribution in [0.25, 0.3) is 17.1 Å². The highest BCUT2D eigenvalue weighted by Crippen LogP contribution is 2.25. The smallest absolute Gasteiger partial charge is 0.259 e. The van der Waals surface area contributed by atoms with Crippen molar-refractivity contribution in [2.45, 2.75) is 0 Å². The Morgan fingerprint density at radius 2 is 2.07 bits per heavy atom. The van der Waals surface area contributed by atoms with Crippen molar-refractivity contribution in [3.8, 4) is 17.1 Å². The number of pyridine rings is 1. The van der Waals surface area contributed by atoms with Gasteiger partial charge in [0.1, 0.15) is 0 Å². The highest BCUT2D eigenvalue weighted by atomic mass is 35.5. The van der Waals surface area contributed by atoms with Crippen LogP contribution in [0, 0.1) is 0 Å². The van der Waals surface area contributed by atoms with E-state index in [1.54, 1.807) is 37.8 Å². The first kappa shape index (κ1) is 16.9. The Kier molecular flexibility index (Phi) is 4.35. The lowest BCUT2D eigenvalue weighted by Crippen LogP contribution is -2.16. The summed E-state index contributed by atoms with van der Waals surface area (Å²) >= 11 is 6.19. The largest absolute Gasteiger partial charge is 0.291 e. The summed E-state index contributed by atoms with van der Waals surface area (Å²) in [6, 6.07) is 8.90. The van der Waals surface area contributed by atoms with Crippen molar-refractivity contribution in [1.29, 1.82) is 0 Å². The highest BCUT2D eigenvalue weighted by molar-refractivity contribution is 6.33. The molecule has 9 nitrogen and oxygen atoms in total. The van der Waals surface area contributed by atoms with Crippen molar-refractivity contribution in [3.63, 3.8) is 0 Å². The summed E-state index contributed by atoms with van der Waals surface area (Å²) in [7, 11) is 1.69. The third kappa shape index (κ3) is 3.40. The number of anilines is 1. The van der Waals surface area contributed by atoms with E-state index in [1.807, 2.05) is 18.2 Å². The first-order valence-electron chi connectivity index (χ1n) is 7.91. The van der Waals surface area contributed by atoms with Gasteiger partial charge in [-0.25, -0.2) is 9.36 Å². The van der Waals surface area contributed by atoms with Gasteiger partial charge in [-0.2, -0.15) is 4.98 Å². The number of carbonyl (C=O) groups excluding carboxylic acids is 1. The molecular weight excluding hydrogens is 368 g/mol. The summed E-state index contributed by atoms with van der Waals surface area (Å²) in [6.07, 6.45) is 6.25. The van der Waals surface area contributed by atoms with Crippen LogP contribution in [-0.2, 0) is 7.05 Å². The second-order valence-corrected chi connectivity index (χ2v) is 6.00. The second-order valence-electron chi connectivity index (χ2n) is 5.60. The topological polar surface area (TPSA) is 103 Å². The molecular formula is C17H13ClN8O. The van der Waals surface area contributed by atoms with Gasteiger partial charge in [0.25, 0.3) is 5.91 Å². The molecule has 10 heteroatoms. The Labute approximate surface area is 158 Å². The molecule has 27 heavy (non-hydrogen) atoms. The molecule has 3 heterocycles. The number of amides is 1. The van der Waals surface area contributed by atoms with E-state index < -0.39 is 0 Å². The van der Waals surface area contributed by atoms with E-state index in [4.69, 9.17) is 11.6 Å². The van der Waals surface area contributed by atoms with Gasteiger partial charge in [-0.1, -0.05) is 28.9 Å². The van der Waals surface area contributed by atoms with Gasteiger partial charge in [-0.3, -0.25) is 15.1 Å². The number of carbonyl (C=O) groups is 1. The number of aryl methyl sites for hydroxylation is 1. The number of halogens is 1.